The fourth-order valence-corrected chi connectivity index (χ4v) is 4.22. The molecular weight excluding hydrogens is 325 g/mol. The molecular formula is C18H22FN3O3. The molecule has 3 aliphatic rings. The quantitative estimate of drug-likeness (QED) is 0.871. The summed E-state index contributed by atoms with van der Waals surface area (Å²) in [6, 6.07) is 5.94. The molecule has 7 heteroatoms. The van der Waals surface area contributed by atoms with E-state index in [9.17, 15) is 14.0 Å². The van der Waals surface area contributed by atoms with Crippen molar-refractivity contribution in [1.29, 1.82) is 0 Å². The zero-order valence-corrected chi connectivity index (χ0v) is 13.9. The molecule has 0 bridgehead atoms. The molecule has 4 rings (SSSR count). The SMILES string of the molecule is O=C1NC(=O)N(CC2CCCO2)C2NCCC(c3ccc(F)cc3)C12. The van der Waals surface area contributed by atoms with Gasteiger partial charge in [-0.05, 0) is 43.5 Å². The lowest BCUT2D eigenvalue weighted by Gasteiger charge is -2.47. The number of carbonyl (C=O) groups excluding carboxylic acids is 2. The smallest absolute Gasteiger partial charge is 0.325 e. The molecule has 25 heavy (non-hydrogen) atoms. The number of urea groups is 1. The van der Waals surface area contributed by atoms with Crippen molar-refractivity contribution in [2.45, 2.75) is 37.5 Å². The lowest BCUT2D eigenvalue weighted by molar-refractivity contribution is -0.131. The minimum Gasteiger partial charge on any atom is -0.376 e. The highest BCUT2D eigenvalue weighted by atomic mass is 19.1. The van der Waals surface area contributed by atoms with Crippen LogP contribution in [0.4, 0.5) is 9.18 Å². The summed E-state index contributed by atoms with van der Waals surface area (Å²) >= 11 is 0. The van der Waals surface area contributed by atoms with E-state index in [4.69, 9.17) is 4.74 Å². The lowest BCUT2D eigenvalue weighted by Crippen LogP contribution is -2.68. The maximum atomic E-state index is 13.2. The van der Waals surface area contributed by atoms with Gasteiger partial charge < -0.3 is 9.64 Å². The molecule has 0 radical (unpaired) electrons. The largest absolute Gasteiger partial charge is 0.376 e. The van der Waals surface area contributed by atoms with Crippen LogP contribution in [0.1, 0.15) is 30.7 Å². The summed E-state index contributed by atoms with van der Waals surface area (Å²) in [7, 11) is 0. The molecule has 3 amide bonds. The number of carbonyl (C=O) groups is 2. The highest BCUT2D eigenvalue weighted by Crippen LogP contribution is 2.37. The van der Waals surface area contributed by atoms with Gasteiger partial charge in [-0.3, -0.25) is 15.4 Å². The Balaban J connectivity index is 1.59. The topological polar surface area (TPSA) is 70.7 Å². The molecule has 3 saturated heterocycles. The first-order valence-corrected chi connectivity index (χ1v) is 8.85. The van der Waals surface area contributed by atoms with Gasteiger partial charge in [-0.2, -0.15) is 0 Å². The van der Waals surface area contributed by atoms with Crippen LogP contribution in [0.15, 0.2) is 24.3 Å². The Hall–Kier alpha value is -1.99. The summed E-state index contributed by atoms with van der Waals surface area (Å²) in [5, 5.41) is 5.82. The zero-order chi connectivity index (χ0) is 17.4. The molecule has 4 unspecified atom stereocenters. The predicted octanol–water partition coefficient (Wildman–Crippen LogP) is 1.58. The van der Waals surface area contributed by atoms with E-state index >= 15 is 0 Å². The number of imide groups is 1. The van der Waals surface area contributed by atoms with E-state index in [-0.39, 0.29) is 35.9 Å². The summed E-state index contributed by atoms with van der Waals surface area (Å²) in [4.78, 5) is 26.6. The normalized spacial score (nSPS) is 32.4. The van der Waals surface area contributed by atoms with Gasteiger partial charge in [-0.25, -0.2) is 9.18 Å². The van der Waals surface area contributed by atoms with Gasteiger partial charge in [0.15, 0.2) is 0 Å². The molecule has 6 nitrogen and oxygen atoms in total. The van der Waals surface area contributed by atoms with Crippen molar-refractivity contribution in [2.75, 3.05) is 19.7 Å². The Kier molecular flexibility index (Phi) is 4.43. The van der Waals surface area contributed by atoms with Crippen LogP contribution in [0.3, 0.4) is 0 Å². The fourth-order valence-electron chi connectivity index (χ4n) is 4.22. The molecule has 0 saturated carbocycles. The fraction of sp³-hybridized carbons (Fsp3) is 0.556. The first-order valence-electron chi connectivity index (χ1n) is 8.85. The molecule has 2 N–H and O–H groups in total. The minimum atomic E-state index is -0.390. The summed E-state index contributed by atoms with van der Waals surface area (Å²) in [5.41, 5.74) is 0.930. The number of nitrogens with zero attached hydrogens (tertiary/aromatic N) is 1. The van der Waals surface area contributed by atoms with Crippen LogP contribution in [0, 0.1) is 11.7 Å². The van der Waals surface area contributed by atoms with E-state index in [2.05, 4.69) is 10.6 Å². The molecule has 1 aromatic carbocycles. The van der Waals surface area contributed by atoms with Crippen molar-refractivity contribution in [3.63, 3.8) is 0 Å². The molecule has 0 spiro atoms. The van der Waals surface area contributed by atoms with Crippen molar-refractivity contribution in [3.8, 4) is 0 Å². The molecule has 3 heterocycles. The molecule has 3 fully saturated rings. The lowest BCUT2D eigenvalue weighted by atomic mass is 9.77. The zero-order valence-electron chi connectivity index (χ0n) is 13.9. The highest BCUT2D eigenvalue weighted by molar-refractivity contribution is 5.99. The Labute approximate surface area is 145 Å². The maximum Gasteiger partial charge on any atom is 0.325 e. The molecule has 1 aromatic rings. The number of hydrogen-bond donors (Lipinski definition) is 2. The van der Waals surface area contributed by atoms with Gasteiger partial charge in [0.25, 0.3) is 0 Å². The summed E-state index contributed by atoms with van der Waals surface area (Å²) in [6.45, 7) is 1.90. The first-order chi connectivity index (χ1) is 12.1. The van der Waals surface area contributed by atoms with Crippen LogP contribution in [-0.4, -0.2) is 48.8 Å². The van der Waals surface area contributed by atoms with Crippen LogP contribution < -0.4 is 10.6 Å². The number of rotatable bonds is 3. The monoisotopic (exact) mass is 347 g/mol. The van der Waals surface area contributed by atoms with E-state index in [0.29, 0.717) is 13.1 Å². The number of hydrogen-bond acceptors (Lipinski definition) is 4. The van der Waals surface area contributed by atoms with Gasteiger partial charge in [0, 0.05) is 12.5 Å². The average molecular weight is 347 g/mol. The van der Waals surface area contributed by atoms with Crippen molar-refractivity contribution < 1.29 is 18.7 Å². The number of ether oxygens (including phenoxy) is 1. The van der Waals surface area contributed by atoms with Gasteiger partial charge in [-0.1, -0.05) is 12.1 Å². The third kappa shape index (κ3) is 3.14. The van der Waals surface area contributed by atoms with Gasteiger partial charge in [0.05, 0.1) is 24.7 Å². The van der Waals surface area contributed by atoms with E-state index < -0.39 is 5.92 Å². The number of nitrogens with one attached hydrogen (secondary N) is 2. The third-order valence-corrected chi connectivity index (χ3v) is 5.43. The Morgan fingerprint density at radius 2 is 2.00 bits per heavy atom. The maximum absolute atomic E-state index is 13.2. The van der Waals surface area contributed by atoms with E-state index in [1.807, 2.05) is 0 Å². The van der Waals surface area contributed by atoms with E-state index in [1.54, 1.807) is 17.0 Å². The van der Waals surface area contributed by atoms with Crippen molar-refractivity contribution in [3.05, 3.63) is 35.6 Å². The molecule has 0 aromatic heterocycles. The highest BCUT2D eigenvalue weighted by Gasteiger charge is 2.48. The third-order valence-electron chi connectivity index (χ3n) is 5.43. The number of piperidine rings is 1. The Bertz CT molecular complexity index is 660. The minimum absolute atomic E-state index is 0.0209. The van der Waals surface area contributed by atoms with Gasteiger partial charge in [0.1, 0.15) is 5.82 Å². The van der Waals surface area contributed by atoms with Crippen LogP contribution in [0.5, 0.6) is 0 Å². The molecule has 134 valence electrons. The van der Waals surface area contributed by atoms with Crippen molar-refractivity contribution in [2.24, 2.45) is 5.92 Å². The second kappa shape index (κ2) is 6.72. The van der Waals surface area contributed by atoms with Crippen molar-refractivity contribution in [1.82, 2.24) is 15.5 Å². The molecule has 4 atom stereocenters. The van der Waals surface area contributed by atoms with Gasteiger partial charge in [-0.15, -0.1) is 0 Å². The number of benzene rings is 1. The van der Waals surface area contributed by atoms with Crippen molar-refractivity contribution >= 4 is 11.9 Å². The van der Waals surface area contributed by atoms with Gasteiger partial charge in [0.2, 0.25) is 5.91 Å². The molecule has 3 aliphatic heterocycles. The predicted molar refractivity (Wildman–Crippen MR) is 88.3 cm³/mol. The number of halogens is 1. The van der Waals surface area contributed by atoms with E-state index in [1.165, 1.54) is 12.1 Å². The van der Waals surface area contributed by atoms with Crippen LogP contribution in [0.25, 0.3) is 0 Å². The first kappa shape index (κ1) is 16.5. The summed E-state index contributed by atoms with van der Waals surface area (Å²) in [5.74, 6) is -0.997. The Morgan fingerprint density at radius 1 is 1.20 bits per heavy atom. The summed E-state index contributed by atoms with van der Waals surface area (Å²) in [6.07, 6.45) is 2.36. The van der Waals surface area contributed by atoms with Crippen LogP contribution in [-0.2, 0) is 9.53 Å². The second-order valence-corrected chi connectivity index (χ2v) is 6.95. The van der Waals surface area contributed by atoms with E-state index in [0.717, 1.165) is 31.4 Å². The van der Waals surface area contributed by atoms with Crippen LogP contribution >= 0.6 is 0 Å². The number of fused-ring (bicyclic) bond motifs is 1. The van der Waals surface area contributed by atoms with Crippen LogP contribution in [0.2, 0.25) is 0 Å². The Morgan fingerprint density at radius 3 is 2.72 bits per heavy atom. The average Bonchev–Trinajstić information content (AvgIpc) is 3.12. The second-order valence-electron chi connectivity index (χ2n) is 6.95. The molecule has 0 aliphatic carbocycles. The van der Waals surface area contributed by atoms with Gasteiger partial charge >= 0.3 is 6.03 Å². The standard InChI is InChI=1S/C18H22FN3O3/c19-12-5-3-11(4-6-12)14-7-8-20-16-15(14)17(23)21-18(24)22(16)10-13-2-1-9-25-13/h3-6,13-16,20H,1-2,7-10H2,(H,21,23,24). The summed E-state index contributed by atoms with van der Waals surface area (Å²) < 4.78 is 18.9. The number of amides is 3.